The fraction of sp³-hybridized carbons (Fsp3) is 0.636. The van der Waals surface area contributed by atoms with Crippen molar-refractivity contribution in [2.24, 2.45) is 0 Å². The second-order valence-corrected chi connectivity index (χ2v) is 4.49. The molecule has 1 N–H and O–H groups in total. The summed E-state index contributed by atoms with van der Waals surface area (Å²) in [5, 5.41) is 3.77. The van der Waals surface area contributed by atoms with Gasteiger partial charge in [0.15, 0.2) is 0 Å². The minimum absolute atomic E-state index is 0.496. The van der Waals surface area contributed by atoms with Crippen LogP contribution in [0, 0.1) is 6.92 Å². The third-order valence-electron chi connectivity index (χ3n) is 2.74. The highest BCUT2D eigenvalue weighted by Gasteiger charge is 2.10. The molecule has 0 amide bonds. The van der Waals surface area contributed by atoms with Crippen LogP contribution in [0.2, 0.25) is 5.15 Å². The van der Waals surface area contributed by atoms with Crippen molar-refractivity contribution in [3.8, 4) is 0 Å². The van der Waals surface area contributed by atoms with Gasteiger partial charge in [-0.25, -0.2) is 9.97 Å². The lowest BCUT2D eigenvalue weighted by Gasteiger charge is -2.15. The van der Waals surface area contributed by atoms with Gasteiger partial charge in [-0.05, 0) is 32.9 Å². The standard InChI is InChI=1S/C11H17ClN4/c1-9-14-10(12)8-11(15-9)13-4-7-16-5-2-3-6-16/h8H,2-7H2,1H3,(H,13,14,15). The maximum Gasteiger partial charge on any atom is 0.134 e. The fourth-order valence-electron chi connectivity index (χ4n) is 1.97. The molecule has 1 aromatic heterocycles. The van der Waals surface area contributed by atoms with Crippen molar-refractivity contribution < 1.29 is 0 Å². The van der Waals surface area contributed by atoms with Crippen molar-refractivity contribution in [3.63, 3.8) is 0 Å². The third-order valence-corrected chi connectivity index (χ3v) is 2.93. The maximum atomic E-state index is 5.85. The van der Waals surface area contributed by atoms with Gasteiger partial charge in [0.1, 0.15) is 16.8 Å². The van der Waals surface area contributed by atoms with E-state index in [9.17, 15) is 0 Å². The van der Waals surface area contributed by atoms with E-state index in [1.165, 1.54) is 25.9 Å². The van der Waals surface area contributed by atoms with Crippen LogP contribution in [0.15, 0.2) is 6.07 Å². The zero-order chi connectivity index (χ0) is 11.4. The summed E-state index contributed by atoms with van der Waals surface area (Å²) < 4.78 is 0. The number of halogens is 1. The third kappa shape index (κ3) is 3.32. The van der Waals surface area contributed by atoms with E-state index in [-0.39, 0.29) is 0 Å². The largest absolute Gasteiger partial charge is 0.369 e. The van der Waals surface area contributed by atoms with Crippen molar-refractivity contribution in [2.75, 3.05) is 31.5 Å². The highest BCUT2D eigenvalue weighted by molar-refractivity contribution is 6.29. The van der Waals surface area contributed by atoms with Crippen molar-refractivity contribution >= 4 is 17.4 Å². The van der Waals surface area contributed by atoms with Gasteiger partial charge in [-0.15, -0.1) is 0 Å². The van der Waals surface area contributed by atoms with Gasteiger partial charge in [0.25, 0.3) is 0 Å². The number of aryl methyl sites for hydroxylation is 1. The Morgan fingerprint density at radius 3 is 2.81 bits per heavy atom. The molecule has 0 radical (unpaired) electrons. The van der Waals surface area contributed by atoms with Gasteiger partial charge < -0.3 is 10.2 Å². The number of rotatable bonds is 4. The second-order valence-electron chi connectivity index (χ2n) is 4.10. The lowest BCUT2D eigenvalue weighted by molar-refractivity contribution is 0.352. The number of likely N-dealkylation sites (tertiary alicyclic amines) is 1. The summed E-state index contributed by atoms with van der Waals surface area (Å²) in [6, 6.07) is 1.76. The lowest BCUT2D eigenvalue weighted by atomic mass is 10.4. The molecule has 1 saturated heterocycles. The van der Waals surface area contributed by atoms with Crippen molar-refractivity contribution in [3.05, 3.63) is 17.0 Å². The molecule has 1 aliphatic rings. The number of anilines is 1. The summed E-state index contributed by atoms with van der Waals surface area (Å²) >= 11 is 5.85. The summed E-state index contributed by atoms with van der Waals surface area (Å²) in [5.41, 5.74) is 0. The van der Waals surface area contributed by atoms with E-state index >= 15 is 0 Å². The molecule has 1 aliphatic heterocycles. The molecule has 0 aromatic carbocycles. The summed E-state index contributed by atoms with van der Waals surface area (Å²) in [4.78, 5) is 10.8. The van der Waals surface area contributed by atoms with Crippen molar-refractivity contribution in [1.29, 1.82) is 0 Å². The molecule has 0 unspecified atom stereocenters. The van der Waals surface area contributed by atoms with Crippen LogP contribution in [0.3, 0.4) is 0 Å². The van der Waals surface area contributed by atoms with Gasteiger partial charge in [0.05, 0.1) is 0 Å². The predicted octanol–water partition coefficient (Wildman–Crippen LogP) is 1.95. The van der Waals surface area contributed by atoms with Gasteiger partial charge in [-0.1, -0.05) is 11.6 Å². The van der Waals surface area contributed by atoms with Crippen LogP contribution >= 0.6 is 11.6 Å². The number of nitrogens with zero attached hydrogens (tertiary/aromatic N) is 3. The van der Waals surface area contributed by atoms with Crippen LogP contribution < -0.4 is 5.32 Å². The molecule has 0 aliphatic carbocycles. The van der Waals surface area contributed by atoms with Crippen LogP contribution in [-0.4, -0.2) is 41.0 Å². The van der Waals surface area contributed by atoms with E-state index in [4.69, 9.17) is 11.6 Å². The Morgan fingerprint density at radius 1 is 1.38 bits per heavy atom. The highest BCUT2D eigenvalue weighted by atomic mass is 35.5. The van der Waals surface area contributed by atoms with Gasteiger partial charge in [0.2, 0.25) is 0 Å². The number of hydrogen-bond donors (Lipinski definition) is 1. The molecule has 2 heterocycles. The summed E-state index contributed by atoms with van der Waals surface area (Å²) in [5.74, 6) is 1.52. The summed E-state index contributed by atoms with van der Waals surface area (Å²) in [6.07, 6.45) is 2.66. The summed E-state index contributed by atoms with van der Waals surface area (Å²) in [6.45, 7) is 6.28. The minimum Gasteiger partial charge on any atom is -0.369 e. The van der Waals surface area contributed by atoms with E-state index < -0.39 is 0 Å². The molecule has 0 saturated carbocycles. The molecule has 1 fully saturated rings. The average Bonchev–Trinajstić information content (AvgIpc) is 2.69. The molecule has 4 nitrogen and oxygen atoms in total. The molecule has 5 heteroatoms. The van der Waals surface area contributed by atoms with Crippen LogP contribution in [-0.2, 0) is 0 Å². The molecular weight excluding hydrogens is 224 g/mol. The van der Waals surface area contributed by atoms with E-state index in [1.807, 2.05) is 6.92 Å². The number of aromatic nitrogens is 2. The number of hydrogen-bond acceptors (Lipinski definition) is 4. The Morgan fingerprint density at radius 2 is 2.12 bits per heavy atom. The highest BCUT2D eigenvalue weighted by Crippen LogP contribution is 2.11. The SMILES string of the molecule is Cc1nc(Cl)cc(NCCN2CCCC2)n1. The van der Waals surface area contributed by atoms with Crippen LogP contribution in [0.4, 0.5) is 5.82 Å². The Bertz CT molecular complexity index is 330. The minimum atomic E-state index is 0.496. The van der Waals surface area contributed by atoms with Crippen LogP contribution in [0.25, 0.3) is 0 Å². The molecule has 16 heavy (non-hydrogen) atoms. The zero-order valence-electron chi connectivity index (χ0n) is 9.54. The normalized spacial score (nSPS) is 16.6. The first-order chi connectivity index (χ1) is 7.74. The lowest BCUT2D eigenvalue weighted by Crippen LogP contribution is -2.26. The molecule has 88 valence electrons. The Balaban J connectivity index is 1.80. The van der Waals surface area contributed by atoms with E-state index in [1.54, 1.807) is 6.07 Å². The maximum absolute atomic E-state index is 5.85. The predicted molar refractivity (Wildman–Crippen MR) is 65.9 cm³/mol. The summed E-state index contributed by atoms with van der Waals surface area (Å²) in [7, 11) is 0. The first-order valence-corrected chi connectivity index (χ1v) is 6.09. The Kier molecular flexibility index (Phi) is 3.96. The van der Waals surface area contributed by atoms with Gasteiger partial charge in [0, 0.05) is 19.2 Å². The van der Waals surface area contributed by atoms with Crippen LogP contribution in [0.1, 0.15) is 18.7 Å². The zero-order valence-corrected chi connectivity index (χ0v) is 10.3. The molecular formula is C11H17ClN4. The molecule has 0 bridgehead atoms. The molecule has 2 rings (SSSR count). The van der Waals surface area contributed by atoms with Crippen molar-refractivity contribution in [2.45, 2.75) is 19.8 Å². The Hall–Kier alpha value is -0.870. The first-order valence-electron chi connectivity index (χ1n) is 5.71. The second kappa shape index (κ2) is 5.46. The molecule has 0 spiro atoms. The monoisotopic (exact) mass is 240 g/mol. The topological polar surface area (TPSA) is 41.1 Å². The van der Waals surface area contributed by atoms with Gasteiger partial charge >= 0.3 is 0 Å². The quantitative estimate of drug-likeness (QED) is 0.817. The van der Waals surface area contributed by atoms with Gasteiger partial charge in [-0.2, -0.15) is 0 Å². The number of nitrogens with one attached hydrogen (secondary N) is 1. The van der Waals surface area contributed by atoms with E-state index in [0.717, 1.165) is 18.9 Å². The smallest absolute Gasteiger partial charge is 0.134 e. The van der Waals surface area contributed by atoms with Crippen LogP contribution in [0.5, 0.6) is 0 Å². The molecule has 0 atom stereocenters. The fourth-order valence-corrected chi connectivity index (χ4v) is 2.20. The average molecular weight is 241 g/mol. The Labute approximate surface area is 101 Å². The van der Waals surface area contributed by atoms with E-state index in [2.05, 4.69) is 20.2 Å². The van der Waals surface area contributed by atoms with E-state index in [0.29, 0.717) is 11.0 Å². The van der Waals surface area contributed by atoms with Crippen molar-refractivity contribution in [1.82, 2.24) is 14.9 Å². The molecule has 1 aromatic rings. The van der Waals surface area contributed by atoms with Gasteiger partial charge in [-0.3, -0.25) is 0 Å². The first kappa shape index (κ1) is 11.6.